The van der Waals surface area contributed by atoms with Gasteiger partial charge in [-0.3, -0.25) is 9.59 Å². The number of hydrogen-bond acceptors (Lipinski definition) is 4. The van der Waals surface area contributed by atoms with Crippen molar-refractivity contribution in [3.8, 4) is 17.1 Å². The highest BCUT2D eigenvalue weighted by Crippen LogP contribution is 2.37. The number of fused-ring (bicyclic) bond motifs is 1. The summed E-state index contributed by atoms with van der Waals surface area (Å²) in [4.78, 5) is 26.1. The van der Waals surface area contributed by atoms with E-state index in [0.29, 0.717) is 5.56 Å². The van der Waals surface area contributed by atoms with E-state index in [1.54, 1.807) is 24.3 Å². The van der Waals surface area contributed by atoms with Crippen molar-refractivity contribution in [2.24, 2.45) is 0 Å². The molecular formula is C25H16Cl2F3NO4. The minimum absolute atomic E-state index is 0.0363. The van der Waals surface area contributed by atoms with Crippen molar-refractivity contribution >= 4 is 45.8 Å². The molecule has 0 fully saturated rings. The highest BCUT2D eigenvalue weighted by Gasteiger charge is 2.34. The van der Waals surface area contributed by atoms with Gasteiger partial charge in [-0.1, -0.05) is 47.5 Å². The molecule has 4 rings (SSSR count). The number of rotatable bonds is 5. The number of hydrogen-bond donors (Lipinski definition) is 1. The van der Waals surface area contributed by atoms with Gasteiger partial charge < -0.3 is 14.5 Å². The summed E-state index contributed by atoms with van der Waals surface area (Å²) in [6, 6.07) is 15.5. The van der Waals surface area contributed by atoms with Gasteiger partial charge in [0.05, 0.1) is 21.7 Å². The van der Waals surface area contributed by atoms with Crippen LogP contribution in [0.3, 0.4) is 0 Å². The van der Waals surface area contributed by atoms with Crippen LogP contribution in [0.15, 0.2) is 75.9 Å². The molecule has 0 aliphatic heterocycles. The van der Waals surface area contributed by atoms with Crippen LogP contribution in [0.5, 0.6) is 5.75 Å². The molecule has 0 aliphatic rings. The summed E-state index contributed by atoms with van der Waals surface area (Å²) in [7, 11) is 0. The number of benzene rings is 3. The minimum atomic E-state index is -4.68. The first-order valence-electron chi connectivity index (χ1n) is 10.2. The topological polar surface area (TPSA) is 68.5 Å². The number of alkyl halides is 3. The number of para-hydroxylation sites is 1. The van der Waals surface area contributed by atoms with Crippen LogP contribution in [-0.2, 0) is 11.0 Å². The molecule has 35 heavy (non-hydrogen) atoms. The third-order valence-corrected chi connectivity index (χ3v) is 5.65. The lowest BCUT2D eigenvalue weighted by molar-refractivity contribution is -0.137. The number of carbonyl (C=O) groups excluding carboxylic acids is 1. The van der Waals surface area contributed by atoms with E-state index in [1.807, 2.05) is 0 Å². The Morgan fingerprint density at radius 1 is 1.03 bits per heavy atom. The van der Waals surface area contributed by atoms with Gasteiger partial charge in [0.2, 0.25) is 11.2 Å². The number of ether oxygens (including phenoxy) is 1. The third-order valence-electron chi connectivity index (χ3n) is 5.08. The molecule has 0 radical (unpaired) electrons. The van der Waals surface area contributed by atoms with Crippen LogP contribution in [0.4, 0.5) is 18.9 Å². The van der Waals surface area contributed by atoms with Crippen molar-refractivity contribution in [3.63, 3.8) is 0 Å². The molecule has 5 nitrogen and oxygen atoms in total. The van der Waals surface area contributed by atoms with Crippen molar-refractivity contribution < 1.29 is 27.1 Å². The van der Waals surface area contributed by atoms with Gasteiger partial charge in [0.25, 0.3) is 5.91 Å². The van der Waals surface area contributed by atoms with Crippen molar-refractivity contribution in [1.82, 2.24) is 0 Å². The second kappa shape index (κ2) is 9.64. The lowest BCUT2D eigenvalue weighted by Crippen LogP contribution is -2.32. The number of anilines is 1. The van der Waals surface area contributed by atoms with Crippen LogP contribution < -0.4 is 15.5 Å². The second-order valence-corrected chi connectivity index (χ2v) is 8.35. The van der Waals surface area contributed by atoms with Crippen LogP contribution in [-0.4, -0.2) is 12.0 Å². The standard InChI is InChI=1S/C25H16Cl2F3NO4/c1-13(24(33)31-19-9-5-3-7-17(19)25(28,29)30)34-23-21(32)16-12-14(26)10-11-20(16)35-22(23)15-6-2-4-8-18(15)27/h2-13H,1H3,(H,31,33). The summed E-state index contributed by atoms with van der Waals surface area (Å²) in [5, 5.41) is 2.83. The van der Waals surface area contributed by atoms with Gasteiger partial charge in [-0.05, 0) is 49.4 Å². The minimum Gasteiger partial charge on any atom is -0.473 e. The maximum atomic E-state index is 13.3. The van der Waals surface area contributed by atoms with Gasteiger partial charge in [-0.25, -0.2) is 0 Å². The molecule has 0 spiro atoms. The summed E-state index contributed by atoms with van der Waals surface area (Å²) < 4.78 is 51.5. The summed E-state index contributed by atoms with van der Waals surface area (Å²) in [6.45, 7) is 1.30. The fourth-order valence-electron chi connectivity index (χ4n) is 3.38. The first kappa shape index (κ1) is 24.6. The quantitative estimate of drug-likeness (QED) is 0.301. The van der Waals surface area contributed by atoms with E-state index >= 15 is 0 Å². The molecule has 10 heteroatoms. The average Bonchev–Trinajstić information content (AvgIpc) is 2.81. The highest BCUT2D eigenvalue weighted by atomic mass is 35.5. The third kappa shape index (κ3) is 5.13. The van der Waals surface area contributed by atoms with E-state index in [2.05, 4.69) is 5.32 Å². The number of carbonyl (C=O) groups is 1. The molecule has 0 saturated heterocycles. The molecule has 0 bridgehead atoms. The molecule has 1 atom stereocenters. The van der Waals surface area contributed by atoms with Gasteiger partial charge in [-0.2, -0.15) is 13.2 Å². The zero-order chi connectivity index (χ0) is 25.3. The monoisotopic (exact) mass is 521 g/mol. The fourth-order valence-corrected chi connectivity index (χ4v) is 3.78. The summed E-state index contributed by atoms with van der Waals surface area (Å²) >= 11 is 12.3. The van der Waals surface area contributed by atoms with Gasteiger partial charge in [0.1, 0.15) is 5.58 Å². The van der Waals surface area contributed by atoms with Crippen LogP contribution in [0.25, 0.3) is 22.3 Å². The molecule has 1 unspecified atom stereocenters. The maximum Gasteiger partial charge on any atom is 0.418 e. The second-order valence-electron chi connectivity index (χ2n) is 7.50. The first-order chi connectivity index (χ1) is 16.6. The van der Waals surface area contributed by atoms with Crippen LogP contribution in [0.2, 0.25) is 10.0 Å². The van der Waals surface area contributed by atoms with E-state index in [1.165, 1.54) is 37.3 Å². The van der Waals surface area contributed by atoms with E-state index in [9.17, 15) is 22.8 Å². The Labute approximate surface area is 207 Å². The average molecular weight is 522 g/mol. The van der Waals surface area contributed by atoms with Gasteiger partial charge in [0.15, 0.2) is 11.9 Å². The van der Waals surface area contributed by atoms with Crippen molar-refractivity contribution in [2.75, 3.05) is 5.32 Å². The largest absolute Gasteiger partial charge is 0.473 e. The zero-order valence-corrected chi connectivity index (χ0v) is 19.5. The summed E-state index contributed by atoms with van der Waals surface area (Å²) in [6.07, 6.45) is -6.05. The lowest BCUT2D eigenvalue weighted by Gasteiger charge is -2.19. The molecule has 1 amide bonds. The molecule has 1 aromatic heterocycles. The SMILES string of the molecule is CC(Oc1c(-c2ccccc2Cl)oc2ccc(Cl)cc2c1=O)C(=O)Nc1ccccc1C(F)(F)F. The fraction of sp³-hybridized carbons (Fsp3) is 0.120. The number of amides is 1. The Kier molecular flexibility index (Phi) is 6.78. The molecule has 3 aromatic carbocycles. The van der Waals surface area contributed by atoms with E-state index in [0.717, 1.165) is 12.1 Å². The Morgan fingerprint density at radius 3 is 2.43 bits per heavy atom. The van der Waals surface area contributed by atoms with Crippen molar-refractivity contribution in [1.29, 1.82) is 0 Å². The molecule has 180 valence electrons. The van der Waals surface area contributed by atoms with E-state index in [4.69, 9.17) is 32.4 Å². The Bertz CT molecular complexity index is 1480. The van der Waals surface area contributed by atoms with Gasteiger partial charge in [0, 0.05) is 10.6 Å². The molecule has 1 heterocycles. The van der Waals surface area contributed by atoms with Gasteiger partial charge >= 0.3 is 6.18 Å². The van der Waals surface area contributed by atoms with Crippen molar-refractivity contribution in [2.45, 2.75) is 19.2 Å². The highest BCUT2D eigenvalue weighted by molar-refractivity contribution is 6.33. The Morgan fingerprint density at radius 2 is 1.71 bits per heavy atom. The molecule has 1 N–H and O–H groups in total. The lowest BCUT2D eigenvalue weighted by atomic mass is 10.1. The normalized spacial score (nSPS) is 12.4. The molecule has 0 aliphatic carbocycles. The Hall–Kier alpha value is -3.49. The molecule has 0 saturated carbocycles. The first-order valence-corrected chi connectivity index (χ1v) is 11.0. The number of nitrogens with one attached hydrogen (secondary N) is 1. The Balaban J connectivity index is 1.75. The zero-order valence-electron chi connectivity index (χ0n) is 18.0. The number of halogens is 5. The smallest absolute Gasteiger partial charge is 0.418 e. The van der Waals surface area contributed by atoms with Crippen molar-refractivity contribution in [3.05, 3.63) is 92.6 Å². The maximum absolute atomic E-state index is 13.3. The predicted octanol–water partition coefficient (Wildman–Crippen LogP) is 7.19. The van der Waals surface area contributed by atoms with Crippen LogP contribution in [0, 0.1) is 0 Å². The summed E-state index contributed by atoms with van der Waals surface area (Å²) in [5.74, 6) is -1.28. The summed E-state index contributed by atoms with van der Waals surface area (Å²) in [5.41, 5.74) is -1.55. The van der Waals surface area contributed by atoms with Crippen LogP contribution >= 0.6 is 23.2 Å². The molecular weight excluding hydrogens is 506 g/mol. The van der Waals surface area contributed by atoms with Gasteiger partial charge in [-0.15, -0.1) is 0 Å². The predicted molar refractivity (Wildman–Crippen MR) is 128 cm³/mol. The van der Waals surface area contributed by atoms with E-state index in [-0.39, 0.29) is 32.5 Å². The van der Waals surface area contributed by atoms with Crippen LogP contribution in [0.1, 0.15) is 12.5 Å². The van der Waals surface area contributed by atoms with E-state index < -0.39 is 34.9 Å². The molecule has 4 aromatic rings.